The number of nitrogens with zero attached hydrogens (tertiary/aromatic N) is 2. The van der Waals surface area contributed by atoms with Crippen LogP contribution in [0.2, 0.25) is 5.02 Å². The van der Waals surface area contributed by atoms with Crippen molar-refractivity contribution < 1.29 is 0 Å². The van der Waals surface area contributed by atoms with Gasteiger partial charge in [-0.25, -0.2) is 9.89 Å². The third-order valence-electron chi connectivity index (χ3n) is 2.94. The van der Waals surface area contributed by atoms with Gasteiger partial charge in [0, 0.05) is 9.92 Å². The molecular weight excluding hydrogens is 320 g/mol. The van der Waals surface area contributed by atoms with E-state index in [2.05, 4.69) is 15.6 Å². The number of hydrogen-bond donors (Lipinski definition) is 2. The van der Waals surface area contributed by atoms with E-state index in [0.29, 0.717) is 16.6 Å². The summed E-state index contributed by atoms with van der Waals surface area (Å²) in [5, 5.41) is 7.22. The molecule has 0 spiro atoms. The van der Waals surface area contributed by atoms with Crippen LogP contribution < -0.4 is 11.1 Å². The minimum atomic E-state index is -0.296. The lowest BCUT2D eigenvalue weighted by atomic mass is 10.3. The van der Waals surface area contributed by atoms with Gasteiger partial charge in [-0.3, -0.25) is 5.43 Å². The number of H-pyrrole nitrogens is 1. The Balaban J connectivity index is 1.74. The van der Waals surface area contributed by atoms with Crippen molar-refractivity contribution in [3.8, 4) is 0 Å². The monoisotopic (exact) mass is 332 g/mol. The molecule has 2 aromatic carbocycles. The van der Waals surface area contributed by atoms with Gasteiger partial charge >= 0.3 is 5.69 Å². The minimum absolute atomic E-state index is 0.296. The van der Waals surface area contributed by atoms with Gasteiger partial charge in [0.05, 0.1) is 11.4 Å². The Hall–Kier alpha value is -2.18. The predicted molar refractivity (Wildman–Crippen MR) is 89.3 cm³/mol. The number of nitrogens with one attached hydrogen (secondary N) is 2. The second kappa shape index (κ2) is 6.72. The van der Waals surface area contributed by atoms with E-state index in [4.69, 9.17) is 11.6 Å². The summed E-state index contributed by atoms with van der Waals surface area (Å²) in [4.78, 5) is 12.9. The standard InChI is InChI=1S/C15H13ClN4OS/c16-11-6-8-13(9-7-11)22-10-14-17-18-15(21)20(14)19-12-4-2-1-3-5-12/h1-9,19H,10H2,(H,18,21). The smallest absolute Gasteiger partial charge is 0.289 e. The van der Waals surface area contributed by atoms with Crippen molar-refractivity contribution in [2.45, 2.75) is 10.6 Å². The summed E-state index contributed by atoms with van der Waals surface area (Å²) in [6.45, 7) is 0. The van der Waals surface area contributed by atoms with Gasteiger partial charge in [0.15, 0.2) is 5.82 Å². The van der Waals surface area contributed by atoms with Crippen molar-refractivity contribution in [2.75, 3.05) is 5.43 Å². The van der Waals surface area contributed by atoms with E-state index in [-0.39, 0.29) is 5.69 Å². The number of rotatable bonds is 5. The first-order valence-corrected chi connectivity index (χ1v) is 7.95. The van der Waals surface area contributed by atoms with Gasteiger partial charge in [0.2, 0.25) is 0 Å². The van der Waals surface area contributed by atoms with Gasteiger partial charge in [0.25, 0.3) is 0 Å². The van der Waals surface area contributed by atoms with Crippen LogP contribution in [0.3, 0.4) is 0 Å². The second-order valence-corrected chi connectivity index (χ2v) is 5.99. The Morgan fingerprint density at radius 2 is 1.86 bits per heavy atom. The first-order chi connectivity index (χ1) is 10.7. The van der Waals surface area contributed by atoms with Crippen LogP contribution >= 0.6 is 23.4 Å². The third-order valence-corrected chi connectivity index (χ3v) is 4.20. The Morgan fingerprint density at radius 1 is 1.14 bits per heavy atom. The van der Waals surface area contributed by atoms with Crippen LogP contribution in [0.1, 0.15) is 5.82 Å². The van der Waals surface area contributed by atoms with Crippen LogP contribution in [0.25, 0.3) is 0 Å². The molecule has 0 fully saturated rings. The maximum absolute atomic E-state index is 11.9. The fourth-order valence-corrected chi connectivity index (χ4v) is 2.81. The predicted octanol–water partition coefficient (Wildman–Crippen LogP) is 3.39. The van der Waals surface area contributed by atoms with Gasteiger partial charge in [-0.05, 0) is 36.4 Å². The topological polar surface area (TPSA) is 62.7 Å². The lowest BCUT2D eigenvalue weighted by molar-refractivity contribution is 0.854. The Bertz CT molecular complexity index is 798. The molecule has 2 N–H and O–H groups in total. The van der Waals surface area contributed by atoms with Crippen molar-refractivity contribution in [1.29, 1.82) is 0 Å². The molecule has 0 aliphatic rings. The fourth-order valence-electron chi connectivity index (χ4n) is 1.86. The summed E-state index contributed by atoms with van der Waals surface area (Å²) in [7, 11) is 0. The second-order valence-electron chi connectivity index (χ2n) is 4.50. The molecule has 0 amide bonds. The Labute approximate surface area is 136 Å². The van der Waals surface area contributed by atoms with Gasteiger partial charge in [-0.15, -0.1) is 11.8 Å². The molecule has 1 heterocycles. The molecule has 112 valence electrons. The van der Waals surface area contributed by atoms with Crippen LogP contribution in [0.15, 0.2) is 64.3 Å². The van der Waals surface area contributed by atoms with E-state index >= 15 is 0 Å². The molecule has 0 saturated carbocycles. The third kappa shape index (κ3) is 3.52. The highest BCUT2D eigenvalue weighted by Gasteiger charge is 2.09. The SMILES string of the molecule is O=c1[nH]nc(CSc2ccc(Cl)cc2)n1Nc1ccccc1. The molecule has 7 heteroatoms. The first-order valence-electron chi connectivity index (χ1n) is 6.59. The van der Waals surface area contributed by atoms with Crippen LogP contribution in [0.4, 0.5) is 5.69 Å². The lowest BCUT2D eigenvalue weighted by Crippen LogP contribution is -2.25. The highest BCUT2D eigenvalue weighted by molar-refractivity contribution is 7.98. The minimum Gasteiger partial charge on any atom is -0.289 e. The summed E-state index contributed by atoms with van der Waals surface area (Å²) in [5.74, 6) is 1.18. The summed E-state index contributed by atoms with van der Waals surface area (Å²) in [6.07, 6.45) is 0. The fraction of sp³-hybridized carbons (Fsp3) is 0.0667. The maximum atomic E-state index is 11.9. The lowest BCUT2D eigenvalue weighted by Gasteiger charge is -2.08. The van der Waals surface area contributed by atoms with Gasteiger partial charge in [-0.1, -0.05) is 29.8 Å². The highest BCUT2D eigenvalue weighted by Crippen LogP contribution is 2.23. The molecule has 5 nitrogen and oxygen atoms in total. The number of aromatic amines is 1. The van der Waals surface area contributed by atoms with E-state index < -0.39 is 0 Å². The van der Waals surface area contributed by atoms with E-state index in [1.807, 2.05) is 54.6 Å². The molecule has 3 rings (SSSR count). The zero-order valence-electron chi connectivity index (χ0n) is 11.5. The molecular formula is C15H13ClN4OS. The van der Waals surface area contributed by atoms with Gasteiger partial charge < -0.3 is 0 Å². The largest absolute Gasteiger partial charge is 0.362 e. The van der Waals surface area contributed by atoms with Crippen LogP contribution in [0, 0.1) is 0 Å². The van der Waals surface area contributed by atoms with Crippen molar-refractivity contribution in [3.63, 3.8) is 0 Å². The quantitative estimate of drug-likeness (QED) is 0.703. The van der Waals surface area contributed by atoms with Gasteiger partial charge in [0.1, 0.15) is 0 Å². The first kappa shape index (κ1) is 14.7. The van der Waals surface area contributed by atoms with Crippen LogP contribution in [0.5, 0.6) is 0 Å². The Morgan fingerprint density at radius 3 is 2.59 bits per heavy atom. The molecule has 0 aliphatic heterocycles. The number of thioether (sulfide) groups is 1. The zero-order chi connectivity index (χ0) is 15.4. The summed E-state index contributed by atoms with van der Waals surface area (Å²) >= 11 is 7.45. The number of benzene rings is 2. The normalized spacial score (nSPS) is 10.6. The number of anilines is 1. The molecule has 3 aromatic rings. The summed E-state index contributed by atoms with van der Waals surface area (Å²) in [5.41, 5.74) is 3.57. The van der Waals surface area contributed by atoms with Crippen molar-refractivity contribution >= 4 is 29.1 Å². The molecule has 0 saturated heterocycles. The molecule has 0 bridgehead atoms. The molecule has 0 aliphatic carbocycles. The highest BCUT2D eigenvalue weighted by atomic mass is 35.5. The average Bonchev–Trinajstić information content (AvgIpc) is 2.88. The van der Waals surface area contributed by atoms with E-state index in [0.717, 1.165) is 10.6 Å². The molecule has 0 atom stereocenters. The molecule has 1 aromatic heterocycles. The molecule has 0 radical (unpaired) electrons. The number of para-hydroxylation sites is 1. The van der Waals surface area contributed by atoms with E-state index in [1.54, 1.807) is 11.8 Å². The summed E-state index contributed by atoms with van der Waals surface area (Å²) < 4.78 is 1.41. The van der Waals surface area contributed by atoms with Crippen LogP contribution in [-0.2, 0) is 5.75 Å². The zero-order valence-corrected chi connectivity index (χ0v) is 13.1. The number of aromatic nitrogens is 3. The Kier molecular flexibility index (Phi) is 4.50. The molecule has 22 heavy (non-hydrogen) atoms. The van der Waals surface area contributed by atoms with E-state index in [9.17, 15) is 4.79 Å². The number of halogens is 1. The summed E-state index contributed by atoms with van der Waals surface area (Å²) in [6, 6.07) is 17.0. The maximum Gasteiger partial charge on any atom is 0.362 e. The van der Waals surface area contributed by atoms with Crippen LogP contribution in [-0.4, -0.2) is 14.9 Å². The van der Waals surface area contributed by atoms with Crippen molar-refractivity contribution in [1.82, 2.24) is 14.9 Å². The van der Waals surface area contributed by atoms with Gasteiger partial charge in [-0.2, -0.15) is 9.77 Å². The average molecular weight is 333 g/mol. The van der Waals surface area contributed by atoms with E-state index in [1.165, 1.54) is 4.68 Å². The number of hydrogen-bond acceptors (Lipinski definition) is 4. The molecule has 0 unspecified atom stereocenters. The van der Waals surface area contributed by atoms with Crippen molar-refractivity contribution in [2.24, 2.45) is 0 Å². The van der Waals surface area contributed by atoms with Crippen molar-refractivity contribution in [3.05, 3.63) is 75.9 Å².